The number of rotatable bonds is 18. The summed E-state index contributed by atoms with van der Waals surface area (Å²) in [6.07, 6.45) is 9.39. The number of methoxy groups -OCH3 is 2. The van der Waals surface area contributed by atoms with Gasteiger partial charge in [0.25, 0.3) is 0 Å². The largest absolute Gasteiger partial charge is 0.469 e. The van der Waals surface area contributed by atoms with Gasteiger partial charge in [-0.1, -0.05) is 61.2 Å². The number of carbonyl (C=O) groups is 5. The van der Waals surface area contributed by atoms with Crippen molar-refractivity contribution in [3.63, 3.8) is 0 Å². The zero-order valence-corrected chi connectivity index (χ0v) is 39.2. The molecule has 0 bridgehead atoms. The van der Waals surface area contributed by atoms with Gasteiger partial charge in [0.05, 0.1) is 45.8 Å². The van der Waals surface area contributed by atoms with Crippen molar-refractivity contribution in [2.45, 2.75) is 192 Å². The number of hydrogen-bond acceptors (Lipinski definition) is 10. The molecule has 0 amide bonds. The van der Waals surface area contributed by atoms with Crippen molar-refractivity contribution < 1.29 is 47.0 Å². The predicted octanol–water partition coefficient (Wildman–Crippen LogP) is 8.99. The fourth-order valence-corrected chi connectivity index (χ4v) is 11.2. The molecule has 0 aromatic heterocycles. The molecule has 308 valence electrons. The number of Topliss-reactive ketones (excluding diaryl/α,β-unsaturated/α-hetero) is 3. The Labute approximate surface area is 329 Å². The number of ether oxygens (including phenoxy) is 3. The lowest BCUT2D eigenvalue weighted by atomic mass is 10.0. The highest BCUT2D eigenvalue weighted by Gasteiger charge is 2.64. The van der Waals surface area contributed by atoms with Crippen molar-refractivity contribution >= 4 is 54.0 Å². The lowest BCUT2D eigenvalue weighted by Gasteiger charge is -2.37. The van der Waals surface area contributed by atoms with E-state index in [0.717, 1.165) is 18.4 Å². The molecule has 0 aromatic carbocycles. The van der Waals surface area contributed by atoms with Gasteiger partial charge in [0.1, 0.15) is 5.78 Å². The first-order chi connectivity index (χ1) is 24.6. The van der Waals surface area contributed by atoms with Crippen LogP contribution in [0.2, 0.25) is 55.9 Å². The average Bonchev–Trinajstić information content (AvgIpc) is 3.49. The van der Waals surface area contributed by atoms with Crippen LogP contribution < -0.4 is 0 Å². The Morgan fingerprint density at radius 1 is 0.704 bits per heavy atom. The number of epoxide rings is 1. The van der Waals surface area contributed by atoms with Crippen LogP contribution in [0, 0.1) is 0 Å². The van der Waals surface area contributed by atoms with Gasteiger partial charge in [0.2, 0.25) is 0 Å². The van der Waals surface area contributed by atoms with E-state index < -0.39 is 24.7 Å². The average molecular weight is 809 g/mol. The van der Waals surface area contributed by atoms with Crippen LogP contribution in [0.25, 0.3) is 0 Å². The highest BCUT2D eigenvalue weighted by Crippen LogP contribution is 2.52. The minimum atomic E-state index is -1.93. The van der Waals surface area contributed by atoms with Gasteiger partial charge in [-0.2, -0.15) is 0 Å². The minimum Gasteiger partial charge on any atom is -0.469 e. The predicted molar refractivity (Wildman–Crippen MR) is 221 cm³/mol. The summed E-state index contributed by atoms with van der Waals surface area (Å²) >= 11 is 0. The second kappa shape index (κ2) is 18.9. The molecule has 0 saturated carbocycles. The molecule has 54 heavy (non-hydrogen) atoms. The fraction of sp³-hybridized carbons (Fsp3) is 0.780. The molecular formula is C41H72O10Si3. The lowest BCUT2D eigenvalue weighted by molar-refractivity contribution is -0.141. The first-order valence-electron chi connectivity index (χ1n) is 19.8. The Morgan fingerprint density at radius 3 is 1.57 bits per heavy atom. The van der Waals surface area contributed by atoms with Crippen molar-refractivity contribution in [2.24, 2.45) is 0 Å². The van der Waals surface area contributed by atoms with Gasteiger partial charge in [0.15, 0.2) is 28.2 Å². The van der Waals surface area contributed by atoms with Crippen LogP contribution in [0.5, 0.6) is 0 Å². The third-order valence-electron chi connectivity index (χ3n) is 12.1. The van der Waals surface area contributed by atoms with Crippen molar-refractivity contribution in [2.75, 3.05) is 14.2 Å². The third kappa shape index (κ3) is 13.6. The second-order valence-corrected chi connectivity index (χ2v) is 34.2. The highest BCUT2D eigenvalue weighted by molar-refractivity contribution is 6.80. The SMILES string of the molecule is COC(=O)CCCC1OC1(CC1=CC(O[Si](C)(C)C(C)(C)C)CC1=O)[Si](C)(C)C.COC(=O)CCCCC(=O)CC1=CC(O[Si](C)(C)C(C)(C)C)CC1=O. The second-order valence-electron chi connectivity index (χ2n) is 19.4. The van der Waals surface area contributed by atoms with E-state index >= 15 is 0 Å². The van der Waals surface area contributed by atoms with E-state index in [2.05, 4.69) is 98.2 Å². The van der Waals surface area contributed by atoms with E-state index in [1.165, 1.54) is 14.2 Å². The van der Waals surface area contributed by atoms with Gasteiger partial charge in [-0.05, 0) is 79.7 Å². The molecule has 1 fully saturated rings. The molecule has 1 aliphatic heterocycles. The van der Waals surface area contributed by atoms with Crippen LogP contribution >= 0.6 is 0 Å². The summed E-state index contributed by atoms with van der Waals surface area (Å²) < 4.78 is 28.3. The standard InChI is InChI=1S/C22H40O5Si2.C19H32O5Si/c1-21(2,3)29(8,9)27-17-13-16(18(23)14-17)15-22(28(5,6)7)19(26-22)11-10-12-20(24)25-4;1-19(2,3)25(5,6)24-16-12-14(17(21)13-16)11-15(20)9-7-8-10-18(22)23-4/h13,17,19H,10-12,14-15H2,1-9H3;12,16H,7-11,13H2,1-6H3. The number of carbonyl (C=O) groups excluding carboxylic acids is 5. The van der Waals surface area contributed by atoms with Gasteiger partial charge in [-0.3, -0.25) is 24.0 Å². The number of allylic oxidation sites excluding steroid dienone is 1. The van der Waals surface area contributed by atoms with E-state index in [0.29, 0.717) is 56.9 Å². The van der Waals surface area contributed by atoms with E-state index in [1.807, 2.05) is 6.08 Å². The summed E-state index contributed by atoms with van der Waals surface area (Å²) in [5.41, 5.74) is 1.47. The molecule has 0 N–H and O–H groups in total. The normalized spacial score (nSPS) is 23.4. The van der Waals surface area contributed by atoms with Gasteiger partial charge < -0.3 is 23.1 Å². The molecule has 3 rings (SSSR count). The summed E-state index contributed by atoms with van der Waals surface area (Å²) in [7, 11) is -2.76. The van der Waals surface area contributed by atoms with Crippen LogP contribution in [0.4, 0.5) is 0 Å². The zero-order valence-electron chi connectivity index (χ0n) is 36.2. The summed E-state index contributed by atoms with van der Waals surface area (Å²) in [6.45, 7) is 28.8. The molecule has 1 heterocycles. The van der Waals surface area contributed by atoms with Gasteiger partial charge in [0, 0.05) is 50.5 Å². The fourth-order valence-electron chi connectivity index (χ4n) is 6.36. The maximum atomic E-state index is 12.8. The topological polar surface area (TPSA) is 135 Å². The maximum absolute atomic E-state index is 12.8. The van der Waals surface area contributed by atoms with E-state index in [4.69, 9.17) is 18.3 Å². The smallest absolute Gasteiger partial charge is 0.305 e. The van der Waals surface area contributed by atoms with E-state index in [-0.39, 0.29) is 69.3 Å². The Hall–Kier alpha value is -2.04. The van der Waals surface area contributed by atoms with Crippen LogP contribution in [-0.4, -0.2) is 91.8 Å². The van der Waals surface area contributed by atoms with Gasteiger partial charge in [-0.25, -0.2) is 0 Å². The maximum Gasteiger partial charge on any atom is 0.305 e. The summed E-state index contributed by atoms with van der Waals surface area (Å²) in [6, 6.07) is 0. The number of hydrogen-bond donors (Lipinski definition) is 0. The molecule has 0 aromatic rings. The molecule has 3 aliphatic rings. The minimum absolute atomic E-state index is 0.0200. The first kappa shape index (κ1) is 48.1. The molecule has 13 heteroatoms. The molecule has 4 atom stereocenters. The molecule has 0 radical (unpaired) electrons. The highest BCUT2D eigenvalue weighted by atomic mass is 28.4. The zero-order chi connectivity index (χ0) is 41.5. The Morgan fingerprint density at radius 2 is 1.13 bits per heavy atom. The van der Waals surface area contributed by atoms with Crippen LogP contribution in [-0.2, 0) is 47.0 Å². The molecule has 4 unspecified atom stereocenters. The van der Waals surface area contributed by atoms with Crippen molar-refractivity contribution in [3.05, 3.63) is 23.3 Å². The lowest BCUT2D eigenvalue weighted by Crippen LogP contribution is -2.44. The van der Waals surface area contributed by atoms with Crippen molar-refractivity contribution in [1.82, 2.24) is 0 Å². The molecule has 1 saturated heterocycles. The summed E-state index contributed by atoms with van der Waals surface area (Å²) in [5, 5.41) is -0.00486. The van der Waals surface area contributed by atoms with Gasteiger partial charge in [-0.15, -0.1) is 0 Å². The van der Waals surface area contributed by atoms with Gasteiger partial charge >= 0.3 is 11.9 Å². The van der Waals surface area contributed by atoms with Crippen LogP contribution in [0.3, 0.4) is 0 Å². The quantitative estimate of drug-likeness (QED) is 0.0572. The van der Waals surface area contributed by atoms with E-state index in [1.54, 1.807) is 0 Å². The third-order valence-corrected chi connectivity index (χ3v) is 24.2. The van der Waals surface area contributed by atoms with Crippen molar-refractivity contribution in [3.8, 4) is 0 Å². The molecule has 0 spiro atoms. The summed E-state index contributed by atoms with van der Waals surface area (Å²) in [5.74, 6) is -0.172. The first-order valence-corrected chi connectivity index (χ1v) is 29.1. The number of esters is 2. The van der Waals surface area contributed by atoms with E-state index in [9.17, 15) is 24.0 Å². The Bertz CT molecular complexity index is 1430. The van der Waals surface area contributed by atoms with Crippen LogP contribution in [0.1, 0.15) is 112 Å². The van der Waals surface area contributed by atoms with Crippen molar-refractivity contribution in [1.29, 1.82) is 0 Å². The molecule has 2 aliphatic carbocycles. The molecular weight excluding hydrogens is 737 g/mol. The Kier molecular flexibility index (Phi) is 16.9. The summed E-state index contributed by atoms with van der Waals surface area (Å²) in [4.78, 5) is 59.4. The Balaban J connectivity index is 0.000000378. The molecule has 10 nitrogen and oxygen atoms in total. The number of ketones is 3. The monoisotopic (exact) mass is 808 g/mol. The van der Waals surface area contributed by atoms with Crippen LogP contribution in [0.15, 0.2) is 23.3 Å². The number of unbranched alkanes of at least 4 members (excludes halogenated alkanes) is 1.